The summed E-state index contributed by atoms with van der Waals surface area (Å²) < 4.78 is 25.2. The van der Waals surface area contributed by atoms with Gasteiger partial charge in [0.1, 0.15) is 35.9 Å². The van der Waals surface area contributed by atoms with Gasteiger partial charge in [-0.3, -0.25) is 19.2 Å². The average Bonchev–Trinajstić information content (AvgIpc) is 3.48. The zero-order chi connectivity index (χ0) is 35.8. The summed E-state index contributed by atoms with van der Waals surface area (Å²) in [5.74, 6) is -2.41. The molecule has 1 spiro atoms. The minimum atomic E-state index is -1.53. The fourth-order valence-corrected chi connectivity index (χ4v) is 9.50. The maximum Gasteiger partial charge on any atom is 0.327 e. The zero-order valence-electron chi connectivity index (χ0n) is 29.0. The van der Waals surface area contributed by atoms with Crippen LogP contribution in [-0.2, 0) is 57.6 Å². The number of carbonyl (C=O) groups is 3. The van der Waals surface area contributed by atoms with Crippen LogP contribution in [0.3, 0.4) is 0 Å². The predicted octanol–water partition coefficient (Wildman–Crippen LogP) is 1.32. The Balaban J connectivity index is 1.00. The summed E-state index contributed by atoms with van der Waals surface area (Å²) in [5.41, 5.74) is 2.61. The second-order valence-electron chi connectivity index (χ2n) is 15.5. The highest BCUT2D eigenvalue weighted by molar-refractivity contribution is 5.96. The van der Waals surface area contributed by atoms with Gasteiger partial charge in [-0.25, -0.2) is 0 Å². The lowest BCUT2D eigenvalue weighted by Gasteiger charge is -2.49. The Kier molecular flexibility index (Phi) is 8.53. The summed E-state index contributed by atoms with van der Waals surface area (Å²) in [7, 11) is 0. The Morgan fingerprint density at radius 1 is 1.02 bits per heavy atom. The van der Waals surface area contributed by atoms with Gasteiger partial charge in [0.2, 0.25) is 11.8 Å². The SMILES string of the molecule is CC(O)C(NC(=O)C12CC3OC(=O)C1N(Cc1ccc(C=CC4CCC5OC5C4)cc1)OC2C1OC2(Cc4ccccc4C2)OC31)C(=O)NCCO. The van der Waals surface area contributed by atoms with Crippen LogP contribution in [-0.4, -0.2) is 107 Å². The normalized spacial score (nSPS) is 36.1. The number of allylic oxidation sites excluding steroid dienone is 1. The average molecular weight is 716 g/mol. The molecule has 3 aliphatic carbocycles. The third kappa shape index (κ3) is 5.77. The van der Waals surface area contributed by atoms with Gasteiger partial charge in [-0.2, -0.15) is 5.06 Å². The fraction of sp³-hybridized carbons (Fsp3) is 0.564. The van der Waals surface area contributed by atoms with E-state index in [9.17, 15) is 24.6 Å². The Bertz CT molecular complexity index is 1740. The molecule has 11 unspecified atom stereocenters. The van der Waals surface area contributed by atoms with Crippen molar-refractivity contribution in [3.8, 4) is 0 Å². The monoisotopic (exact) mass is 715 g/mol. The summed E-state index contributed by atoms with van der Waals surface area (Å²) in [6, 6.07) is 13.5. The summed E-state index contributed by atoms with van der Waals surface area (Å²) in [6.45, 7) is 1.21. The first kappa shape index (κ1) is 34.1. The zero-order valence-corrected chi connectivity index (χ0v) is 29.0. The van der Waals surface area contributed by atoms with Gasteiger partial charge in [-0.05, 0) is 54.4 Å². The number of aliphatic hydroxyl groups excluding tert-OH is 2. The number of nitrogens with one attached hydrogen (secondary N) is 2. The van der Waals surface area contributed by atoms with Gasteiger partial charge in [-0.15, -0.1) is 0 Å². The number of rotatable bonds is 10. The number of hydrogen-bond acceptors (Lipinski definition) is 11. The lowest BCUT2D eigenvalue weighted by atomic mass is 9.62. The Labute approximate surface area is 301 Å². The van der Waals surface area contributed by atoms with Crippen LogP contribution in [0, 0.1) is 11.3 Å². The van der Waals surface area contributed by atoms with Crippen molar-refractivity contribution in [3.63, 3.8) is 0 Å². The molecule has 4 aliphatic heterocycles. The van der Waals surface area contributed by atoms with Crippen LogP contribution < -0.4 is 10.6 Å². The number of aliphatic hydroxyl groups is 2. The van der Waals surface area contributed by atoms with Crippen LogP contribution in [0.15, 0.2) is 54.6 Å². The van der Waals surface area contributed by atoms with E-state index in [1.54, 1.807) is 0 Å². The number of benzene rings is 2. The molecule has 9 rings (SSSR count). The second-order valence-corrected chi connectivity index (χ2v) is 15.5. The largest absolute Gasteiger partial charge is 0.458 e. The van der Waals surface area contributed by atoms with Gasteiger partial charge in [0, 0.05) is 25.8 Å². The van der Waals surface area contributed by atoms with E-state index in [4.69, 9.17) is 23.8 Å². The van der Waals surface area contributed by atoms with Gasteiger partial charge in [0.25, 0.3) is 0 Å². The number of hydrogen-bond donors (Lipinski definition) is 4. The maximum absolute atomic E-state index is 14.7. The number of fused-ring (bicyclic) bond motifs is 6. The molecule has 7 aliphatic rings. The first-order valence-corrected chi connectivity index (χ1v) is 18.5. The van der Waals surface area contributed by atoms with E-state index in [0.717, 1.165) is 41.5 Å². The third-order valence-corrected chi connectivity index (χ3v) is 12.1. The number of carbonyl (C=O) groups excluding carboxylic acids is 3. The lowest BCUT2D eigenvalue weighted by Crippen LogP contribution is -2.71. The van der Waals surface area contributed by atoms with E-state index >= 15 is 0 Å². The van der Waals surface area contributed by atoms with E-state index in [0.29, 0.717) is 31.0 Å². The van der Waals surface area contributed by atoms with Crippen LogP contribution in [0.5, 0.6) is 0 Å². The number of ether oxygens (including phenoxy) is 4. The Hall–Kier alpha value is -3.69. The number of hydroxylamine groups is 2. The topological polar surface area (TPSA) is 168 Å². The van der Waals surface area contributed by atoms with E-state index in [2.05, 4.69) is 22.8 Å². The molecule has 13 nitrogen and oxygen atoms in total. The van der Waals surface area contributed by atoms with Crippen molar-refractivity contribution in [2.75, 3.05) is 13.2 Å². The summed E-state index contributed by atoms with van der Waals surface area (Å²) in [5, 5.41) is 26.6. The van der Waals surface area contributed by atoms with Crippen LogP contribution in [0.25, 0.3) is 6.08 Å². The maximum atomic E-state index is 14.7. The van der Waals surface area contributed by atoms with Gasteiger partial charge in [0.15, 0.2) is 11.8 Å². The van der Waals surface area contributed by atoms with E-state index in [1.165, 1.54) is 12.0 Å². The molecule has 6 fully saturated rings. The molecular formula is C39H45N3O10. The molecule has 0 radical (unpaired) electrons. The standard InChI is InChI=1S/C39H45N3O10/c1-21(44)30(35(45)40-14-15-43)41-37(47)39-19-29-31-32(51-38(50-31)17-25-4-2-3-5-26(25)18-38)34(39)52-42(33(39)36(46)49-29)20-24-10-7-22(8-11-24)6-9-23-12-13-27-28(16-23)48-27/h2-11,21,23,27-34,43-44H,12-20H2,1H3,(H,40,45)(H,41,47). The smallest absolute Gasteiger partial charge is 0.327 e. The van der Waals surface area contributed by atoms with Crippen molar-refractivity contribution in [2.24, 2.45) is 11.3 Å². The molecule has 4 heterocycles. The number of esters is 1. The lowest BCUT2D eigenvalue weighted by molar-refractivity contribution is -0.217. The van der Waals surface area contributed by atoms with Crippen molar-refractivity contribution in [1.29, 1.82) is 0 Å². The van der Waals surface area contributed by atoms with E-state index < -0.39 is 71.6 Å². The van der Waals surface area contributed by atoms with Gasteiger partial charge >= 0.3 is 5.97 Å². The van der Waals surface area contributed by atoms with E-state index in [-0.39, 0.29) is 26.1 Å². The molecule has 2 amide bonds. The molecule has 2 bridgehead atoms. The first-order chi connectivity index (χ1) is 25.2. The predicted molar refractivity (Wildman–Crippen MR) is 183 cm³/mol. The summed E-state index contributed by atoms with van der Waals surface area (Å²) >= 11 is 0. The van der Waals surface area contributed by atoms with Gasteiger partial charge < -0.3 is 39.8 Å². The highest BCUT2D eigenvalue weighted by Gasteiger charge is 2.76. The highest BCUT2D eigenvalue weighted by Crippen LogP contribution is 2.58. The molecule has 4 N–H and O–H groups in total. The fourth-order valence-electron chi connectivity index (χ4n) is 9.50. The number of nitrogens with zero attached hydrogens (tertiary/aromatic N) is 1. The van der Waals surface area contributed by atoms with Crippen LogP contribution in [0.1, 0.15) is 54.9 Å². The highest BCUT2D eigenvalue weighted by atomic mass is 16.8. The summed E-state index contributed by atoms with van der Waals surface area (Å²) in [4.78, 5) is 48.5. The molecule has 52 heavy (non-hydrogen) atoms. The Morgan fingerprint density at radius 3 is 2.48 bits per heavy atom. The molecule has 276 valence electrons. The Morgan fingerprint density at radius 2 is 1.77 bits per heavy atom. The molecule has 11 atom stereocenters. The van der Waals surface area contributed by atoms with Gasteiger partial charge in [-0.1, -0.05) is 60.7 Å². The quantitative estimate of drug-likeness (QED) is 0.207. The van der Waals surface area contributed by atoms with Crippen molar-refractivity contribution in [1.82, 2.24) is 15.7 Å². The summed E-state index contributed by atoms with van der Waals surface area (Å²) in [6.07, 6.45) is 5.19. The number of amides is 2. The molecule has 4 saturated heterocycles. The molecule has 2 aromatic rings. The van der Waals surface area contributed by atoms with E-state index in [1.807, 2.05) is 48.5 Å². The molecular weight excluding hydrogens is 670 g/mol. The molecule has 2 saturated carbocycles. The molecule has 13 heteroatoms. The minimum absolute atomic E-state index is 0.0516. The van der Waals surface area contributed by atoms with Crippen molar-refractivity contribution >= 4 is 23.9 Å². The van der Waals surface area contributed by atoms with Crippen LogP contribution in [0.4, 0.5) is 0 Å². The van der Waals surface area contributed by atoms with Crippen molar-refractivity contribution in [2.45, 2.75) is 113 Å². The van der Waals surface area contributed by atoms with Crippen LogP contribution >= 0.6 is 0 Å². The van der Waals surface area contributed by atoms with Crippen LogP contribution in [0.2, 0.25) is 0 Å². The van der Waals surface area contributed by atoms with Gasteiger partial charge in [0.05, 0.1) is 31.5 Å². The minimum Gasteiger partial charge on any atom is -0.458 e. The molecule has 2 aromatic carbocycles. The third-order valence-electron chi connectivity index (χ3n) is 12.1. The number of epoxide rings is 1. The van der Waals surface area contributed by atoms with Crippen molar-refractivity contribution in [3.05, 3.63) is 76.9 Å². The second kappa shape index (κ2) is 13.0. The first-order valence-electron chi connectivity index (χ1n) is 18.5. The molecule has 0 aromatic heterocycles. The van der Waals surface area contributed by atoms with Crippen molar-refractivity contribution < 1.29 is 48.4 Å².